The van der Waals surface area contributed by atoms with Gasteiger partial charge in [0, 0.05) is 37.1 Å². The van der Waals surface area contributed by atoms with Crippen molar-refractivity contribution in [2.24, 2.45) is 0 Å². The maximum atomic E-state index is 14.4. The molecular formula is C27H21F2N5O2. The van der Waals surface area contributed by atoms with Crippen molar-refractivity contribution in [3.8, 4) is 28.8 Å². The van der Waals surface area contributed by atoms with Crippen LogP contribution < -0.4 is 4.74 Å². The molecule has 0 N–H and O–H groups in total. The van der Waals surface area contributed by atoms with E-state index in [1.807, 2.05) is 36.9 Å². The number of hydrogen-bond acceptors (Lipinski definition) is 5. The molecule has 1 aliphatic rings. The summed E-state index contributed by atoms with van der Waals surface area (Å²) in [5.41, 5.74) is 3.31. The maximum Gasteiger partial charge on any atom is 0.258 e. The molecule has 7 nitrogen and oxygen atoms in total. The molecule has 9 heteroatoms. The predicted octanol–water partition coefficient (Wildman–Crippen LogP) is 5.62. The van der Waals surface area contributed by atoms with Crippen LogP contribution in [0, 0.1) is 23.0 Å². The quantitative estimate of drug-likeness (QED) is 0.354. The number of nitrogens with zero attached hydrogens (tertiary/aromatic N) is 5. The van der Waals surface area contributed by atoms with E-state index in [1.54, 1.807) is 35.5 Å². The Morgan fingerprint density at radius 3 is 2.56 bits per heavy atom. The molecule has 0 spiro atoms. The van der Waals surface area contributed by atoms with Crippen molar-refractivity contribution >= 4 is 5.91 Å². The summed E-state index contributed by atoms with van der Waals surface area (Å²) in [6, 6.07) is 12.4. The molecule has 0 saturated heterocycles. The van der Waals surface area contributed by atoms with Crippen LogP contribution >= 0.6 is 0 Å². The molecule has 4 aromatic rings. The molecule has 0 atom stereocenters. The minimum atomic E-state index is -1.02. The first kappa shape index (κ1) is 23.2. The monoisotopic (exact) mass is 485 g/mol. The summed E-state index contributed by atoms with van der Waals surface area (Å²) in [6.07, 6.45) is 5.43. The number of carbonyl (C=O) groups excluding carboxylic acids is 1. The van der Waals surface area contributed by atoms with E-state index >= 15 is 0 Å². The molecule has 36 heavy (non-hydrogen) atoms. The van der Waals surface area contributed by atoms with Crippen molar-refractivity contribution in [3.05, 3.63) is 94.9 Å². The average Bonchev–Trinajstić information content (AvgIpc) is 3.48. The number of rotatable bonds is 6. The van der Waals surface area contributed by atoms with Crippen LogP contribution in [0.1, 0.15) is 46.9 Å². The third-order valence-electron chi connectivity index (χ3n) is 5.94. The van der Waals surface area contributed by atoms with Gasteiger partial charge in [-0.25, -0.2) is 8.78 Å². The lowest BCUT2D eigenvalue weighted by Gasteiger charge is -2.16. The normalized spacial score (nSPS) is 12.7. The number of amides is 1. The van der Waals surface area contributed by atoms with E-state index < -0.39 is 17.4 Å². The summed E-state index contributed by atoms with van der Waals surface area (Å²) in [7, 11) is 0. The Morgan fingerprint density at radius 2 is 1.92 bits per heavy atom. The summed E-state index contributed by atoms with van der Waals surface area (Å²) in [5, 5.41) is 13.2. The van der Waals surface area contributed by atoms with Crippen LogP contribution in [0.4, 0.5) is 8.78 Å². The van der Waals surface area contributed by atoms with Gasteiger partial charge in [0.1, 0.15) is 5.75 Å². The van der Waals surface area contributed by atoms with Crippen LogP contribution in [0.25, 0.3) is 11.3 Å². The van der Waals surface area contributed by atoms with Crippen molar-refractivity contribution < 1.29 is 18.3 Å². The van der Waals surface area contributed by atoms with E-state index in [0.717, 1.165) is 29.0 Å². The van der Waals surface area contributed by atoms with Crippen molar-refractivity contribution in [2.45, 2.75) is 33.0 Å². The standard InChI is InChI=1S/C27H21F2N5O2/c1-16(2)34-15-20(12-32-34)23-7-6-17(11-31-23)13-33-14-19-4-3-5-24(25(19)27(33)35)36-26-21(28)8-18(10-30)9-22(26)29/h3-9,11-12,15-16H,13-14H2,1-2H3. The zero-order valence-electron chi connectivity index (χ0n) is 19.6. The van der Waals surface area contributed by atoms with E-state index in [2.05, 4.69) is 10.1 Å². The fraction of sp³-hybridized carbons (Fsp3) is 0.185. The zero-order chi connectivity index (χ0) is 25.4. The molecule has 0 bridgehead atoms. The van der Waals surface area contributed by atoms with Gasteiger partial charge in [0.25, 0.3) is 5.91 Å². The van der Waals surface area contributed by atoms with Gasteiger partial charge in [-0.05, 0) is 49.2 Å². The Labute approximate surface area is 206 Å². The Hall–Kier alpha value is -4.58. The molecule has 3 heterocycles. The van der Waals surface area contributed by atoms with Gasteiger partial charge in [-0.3, -0.25) is 14.5 Å². The van der Waals surface area contributed by atoms with Crippen molar-refractivity contribution in [2.75, 3.05) is 0 Å². The number of carbonyl (C=O) groups is 1. The highest BCUT2D eigenvalue weighted by Crippen LogP contribution is 2.36. The summed E-state index contributed by atoms with van der Waals surface area (Å²) in [5.74, 6) is -2.95. The SMILES string of the molecule is CC(C)n1cc(-c2ccc(CN3Cc4cccc(Oc5c(F)cc(C#N)cc5F)c4C3=O)cn2)cn1. The molecule has 2 aromatic heterocycles. The zero-order valence-corrected chi connectivity index (χ0v) is 19.6. The second-order valence-corrected chi connectivity index (χ2v) is 8.79. The number of hydrogen-bond donors (Lipinski definition) is 0. The van der Waals surface area contributed by atoms with Crippen LogP contribution in [0.3, 0.4) is 0 Å². The van der Waals surface area contributed by atoms with Gasteiger partial charge in [0.15, 0.2) is 17.4 Å². The van der Waals surface area contributed by atoms with Gasteiger partial charge in [-0.2, -0.15) is 10.4 Å². The Bertz CT molecular complexity index is 1480. The minimum absolute atomic E-state index is 0.0538. The second-order valence-electron chi connectivity index (χ2n) is 8.79. The number of pyridine rings is 1. The first-order valence-electron chi connectivity index (χ1n) is 11.3. The van der Waals surface area contributed by atoms with Crippen LogP contribution in [0.15, 0.2) is 61.1 Å². The molecule has 0 unspecified atom stereocenters. The van der Waals surface area contributed by atoms with Gasteiger partial charge < -0.3 is 9.64 Å². The fourth-order valence-electron chi connectivity index (χ4n) is 4.09. The maximum absolute atomic E-state index is 14.4. The highest BCUT2D eigenvalue weighted by molar-refractivity contribution is 6.01. The number of fused-ring (bicyclic) bond motifs is 1. The lowest BCUT2D eigenvalue weighted by Crippen LogP contribution is -2.23. The lowest BCUT2D eigenvalue weighted by atomic mass is 10.1. The molecule has 5 rings (SSSR count). The van der Waals surface area contributed by atoms with E-state index in [0.29, 0.717) is 18.7 Å². The first-order chi connectivity index (χ1) is 17.3. The number of nitriles is 1. The van der Waals surface area contributed by atoms with Crippen molar-refractivity contribution in [1.29, 1.82) is 5.26 Å². The van der Waals surface area contributed by atoms with E-state index in [4.69, 9.17) is 10.00 Å². The smallest absolute Gasteiger partial charge is 0.258 e. The summed E-state index contributed by atoms with van der Waals surface area (Å²) < 4.78 is 36.1. The third-order valence-corrected chi connectivity index (χ3v) is 5.94. The second kappa shape index (κ2) is 9.23. The number of ether oxygens (including phenoxy) is 1. The number of aromatic nitrogens is 3. The Balaban J connectivity index is 1.34. The van der Waals surface area contributed by atoms with Gasteiger partial charge in [0.05, 0.1) is 29.1 Å². The number of halogens is 2. The van der Waals surface area contributed by atoms with E-state index in [-0.39, 0.29) is 28.8 Å². The predicted molar refractivity (Wildman–Crippen MR) is 127 cm³/mol. The van der Waals surface area contributed by atoms with Crippen LogP contribution in [-0.2, 0) is 13.1 Å². The van der Waals surface area contributed by atoms with Crippen LogP contribution in [0.5, 0.6) is 11.5 Å². The third kappa shape index (κ3) is 4.29. The molecule has 0 saturated carbocycles. The molecule has 0 aliphatic carbocycles. The lowest BCUT2D eigenvalue weighted by molar-refractivity contribution is 0.0764. The van der Waals surface area contributed by atoms with Crippen molar-refractivity contribution in [1.82, 2.24) is 19.7 Å². The van der Waals surface area contributed by atoms with E-state index in [9.17, 15) is 13.6 Å². The van der Waals surface area contributed by atoms with Gasteiger partial charge in [-0.15, -0.1) is 0 Å². The summed E-state index contributed by atoms with van der Waals surface area (Å²) in [6.45, 7) is 4.73. The van der Waals surface area contributed by atoms with Gasteiger partial charge >= 0.3 is 0 Å². The molecule has 180 valence electrons. The van der Waals surface area contributed by atoms with Gasteiger partial charge in [0.2, 0.25) is 0 Å². The van der Waals surface area contributed by atoms with Gasteiger partial charge in [-0.1, -0.05) is 18.2 Å². The highest BCUT2D eigenvalue weighted by Gasteiger charge is 2.31. The molecule has 0 fully saturated rings. The molecular weight excluding hydrogens is 464 g/mol. The topological polar surface area (TPSA) is 84.0 Å². The Morgan fingerprint density at radius 1 is 1.14 bits per heavy atom. The molecule has 1 aliphatic heterocycles. The summed E-state index contributed by atoms with van der Waals surface area (Å²) >= 11 is 0. The first-order valence-corrected chi connectivity index (χ1v) is 11.3. The number of benzene rings is 2. The van der Waals surface area contributed by atoms with Crippen molar-refractivity contribution in [3.63, 3.8) is 0 Å². The fourth-order valence-corrected chi connectivity index (χ4v) is 4.09. The average molecular weight is 485 g/mol. The molecule has 2 aromatic carbocycles. The largest absolute Gasteiger partial charge is 0.450 e. The van der Waals surface area contributed by atoms with Crippen LogP contribution in [-0.4, -0.2) is 25.6 Å². The Kier molecular flexibility index (Phi) is 5.94. The molecule has 0 radical (unpaired) electrons. The minimum Gasteiger partial charge on any atom is -0.450 e. The van der Waals surface area contributed by atoms with Crippen LogP contribution in [0.2, 0.25) is 0 Å². The van der Waals surface area contributed by atoms with E-state index in [1.165, 1.54) is 6.07 Å². The molecule has 1 amide bonds. The summed E-state index contributed by atoms with van der Waals surface area (Å²) in [4.78, 5) is 19.4. The highest BCUT2D eigenvalue weighted by atomic mass is 19.1.